The van der Waals surface area contributed by atoms with Crippen LogP contribution in [0.1, 0.15) is 32.6 Å². The number of rotatable bonds is 6. The molecule has 1 amide bonds. The van der Waals surface area contributed by atoms with Crippen molar-refractivity contribution in [2.45, 2.75) is 54.1 Å². The first-order valence-electron chi connectivity index (χ1n) is 5.89. The maximum atomic E-state index is 11.1. The maximum absolute atomic E-state index is 11.1. The van der Waals surface area contributed by atoms with Gasteiger partial charge in [-0.3, -0.25) is 4.79 Å². The Hall–Kier alpha value is 0.470. The lowest BCUT2D eigenvalue weighted by molar-refractivity contribution is -0.119. The number of thioether (sulfide) groups is 1. The summed E-state index contributed by atoms with van der Waals surface area (Å²) in [7, 11) is 0. The van der Waals surface area contributed by atoms with Crippen LogP contribution in [0.25, 0.3) is 0 Å². The molecule has 0 aromatic heterocycles. The van der Waals surface area contributed by atoms with Crippen molar-refractivity contribution >= 4 is 40.3 Å². The lowest BCUT2D eigenvalue weighted by Crippen LogP contribution is -2.43. The summed E-state index contributed by atoms with van der Waals surface area (Å²) in [4.78, 5) is 11.1. The van der Waals surface area contributed by atoms with Gasteiger partial charge in [-0.05, 0) is 19.3 Å². The van der Waals surface area contributed by atoms with E-state index in [-0.39, 0.29) is 11.9 Å². The van der Waals surface area contributed by atoms with E-state index >= 15 is 0 Å². The third-order valence-corrected chi connectivity index (χ3v) is 6.15. The molecule has 0 radical (unpaired) electrons. The highest BCUT2D eigenvalue weighted by molar-refractivity contribution is 14.1. The zero-order valence-corrected chi connectivity index (χ0v) is 12.9. The smallest absolute Gasteiger partial charge is 0.217 e. The van der Waals surface area contributed by atoms with Crippen molar-refractivity contribution in [1.82, 2.24) is 5.32 Å². The van der Waals surface area contributed by atoms with Crippen LogP contribution in [0.5, 0.6) is 0 Å². The topological polar surface area (TPSA) is 69.6 Å². The summed E-state index contributed by atoms with van der Waals surface area (Å²) >= 11 is 4.31. The second kappa shape index (κ2) is 7.81. The summed E-state index contributed by atoms with van der Waals surface area (Å²) < 4.78 is 0.495. The molecule has 3 atom stereocenters. The Morgan fingerprint density at radius 2 is 2.24 bits per heavy atom. The molecule has 2 unspecified atom stereocenters. The number of halogens is 1. The fourth-order valence-electron chi connectivity index (χ4n) is 2.01. The van der Waals surface area contributed by atoms with Gasteiger partial charge in [0, 0.05) is 21.9 Å². The van der Waals surface area contributed by atoms with E-state index in [1.165, 1.54) is 0 Å². The molecule has 1 heterocycles. The number of aliphatic hydroxyl groups is 2. The molecule has 1 aliphatic heterocycles. The molecule has 4 nitrogen and oxygen atoms in total. The van der Waals surface area contributed by atoms with Crippen molar-refractivity contribution in [3.63, 3.8) is 0 Å². The van der Waals surface area contributed by atoms with E-state index in [9.17, 15) is 4.79 Å². The number of amides is 1. The molecular formula is C11H20INO3S. The molecule has 100 valence electrons. The zero-order valence-electron chi connectivity index (χ0n) is 9.93. The summed E-state index contributed by atoms with van der Waals surface area (Å²) in [5.74, 6) is 1.12. The first-order chi connectivity index (χ1) is 8.00. The van der Waals surface area contributed by atoms with E-state index in [2.05, 4.69) is 27.9 Å². The number of nitrogens with one attached hydrogen (secondary N) is 1. The fraction of sp³-hybridized carbons (Fsp3) is 0.909. The molecule has 17 heavy (non-hydrogen) atoms. The Morgan fingerprint density at radius 3 is 2.82 bits per heavy atom. The number of carbonyl (C=O) groups excluding carboxylic acids is 1. The summed E-state index contributed by atoms with van der Waals surface area (Å²) in [5, 5.41) is 21.0. The predicted molar refractivity (Wildman–Crippen MR) is 78.4 cm³/mol. The van der Waals surface area contributed by atoms with Crippen molar-refractivity contribution in [2.75, 3.05) is 5.75 Å². The summed E-state index contributed by atoms with van der Waals surface area (Å²) in [6.07, 6.45) is 2.09. The van der Waals surface area contributed by atoms with Crippen LogP contribution in [0.3, 0.4) is 0 Å². The Balaban J connectivity index is 2.28. The fourth-order valence-corrected chi connectivity index (χ4v) is 5.03. The van der Waals surface area contributed by atoms with Crippen LogP contribution in [0.15, 0.2) is 0 Å². The molecule has 6 heteroatoms. The number of aliphatic hydroxyl groups excluding tert-OH is 1. The largest absolute Gasteiger partial charge is 0.368 e. The van der Waals surface area contributed by atoms with E-state index < -0.39 is 6.29 Å². The monoisotopic (exact) mass is 373 g/mol. The molecule has 1 saturated heterocycles. The lowest BCUT2D eigenvalue weighted by atomic mass is 10.0. The van der Waals surface area contributed by atoms with Gasteiger partial charge in [-0.2, -0.15) is 11.8 Å². The zero-order chi connectivity index (χ0) is 12.8. The molecule has 0 aromatic carbocycles. The first kappa shape index (κ1) is 15.5. The van der Waals surface area contributed by atoms with Crippen LogP contribution in [0.2, 0.25) is 0 Å². The average molecular weight is 373 g/mol. The Morgan fingerprint density at radius 1 is 1.53 bits per heavy atom. The second-order valence-corrected chi connectivity index (χ2v) is 7.25. The SMILES string of the molecule is CC(=O)NC1C(I)CS[C@H]1CCCCC(O)O. The van der Waals surface area contributed by atoms with Crippen LogP contribution in [0, 0.1) is 0 Å². The quantitative estimate of drug-likeness (QED) is 0.284. The number of hydrogen-bond acceptors (Lipinski definition) is 4. The van der Waals surface area contributed by atoms with Gasteiger partial charge in [0.05, 0.1) is 6.04 Å². The molecule has 0 spiro atoms. The van der Waals surface area contributed by atoms with E-state index in [1.807, 2.05) is 11.8 Å². The van der Waals surface area contributed by atoms with Gasteiger partial charge < -0.3 is 15.5 Å². The van der Waals surface area contributed by atoms with Gasteiger partial charge in [0.25, 0.3) is 0 Å². The minimum absolute atomic E-state index is 0.0370. The third-order valence-electron chi connectivity index (χ3n) is 2.83. The lowest BCUT2D eigenvalue weighted by Gasteiger charge is -2.21. The molecule has 0 aliphatic carbocycles. The average Bonchev–Trinajstić information content (AvgIpc) is 2.55. The van der Waals surface area contributed by atoms with Crippen LogP contribution >= 0.6 is 34.4 Å². The molecule has 1 rings (SSSR count). The highest BCUT2D eigenvalue weighted by Gasteiger charge is 2.35. The molecule has 0 saturated carbocycles. The first-order valence-corrected chi connectivity index (χ1v) is 8.19. The molecule has 1 fully saturated rings. The summed E-state index contributed by atoms with van der Waals surface area (Å²) in [6, 6.07) is 0.261. The van der Waals surface area contributed by atoms with Gasteiger partial charge in [-0.25, -0.2) is 0 Å². The van der Waals surface area contributed by atoms with Crippen molar-refractivity contribution in [2.24, 2.45) is 0 Å². The third kappa shape index (κ3) is 5.76. The molecule has 1 aliphatic rings. The highest BCUT2D eigenvalue weighted by atomic mass is 127. The van der Waals surface area contributed by atoms with Gasteiger partial charge in [0.1, 0.15) is 0 Å². The van der Waals surface area contributed by atoms with Gasteiger partial charge >= 0.3 is 0 Å². The van der Waals surface area contributed by atoms with Crippen molar-refractivity contribution < 1.29 is 15.0 Å². The van der Waals surface area contributed by atoms with Gasteiger partial charge in [0.2, 0.25) is 5.91 Å². The van der Waals surface area contributed by atoms with E-state index in [1.54, 1.807) is 6.92 Å². The maximum Gasteiger partial charge on any atom is 0.217 e. The Kier molecular flexibility index (Phi) is 7.13. The highest BCUT2D eigenvalue weighted by Crippen LogP contribution is 2.35. The van der Waals surface area contributed by atoms with Crippen LogP contribution in [-0.2, 0) is 4.79 Å². The van der Waals surface area contributed by atoms with Gasteiger partial charge in [-0.15, -0.1) is 0 Å². The van der Waals surface area contributed by atoms with Crippen molar-refractivity contribution in [3.8, 4) is 0 Å². The van der Waals surface area contributed by atoms with Gasteiger partial charge in [-0.1, -0.05) is 29.0 Å². The number of alkyl halides is 1. The normalized spacial score (nSPS) is 28.6. The summed E-state index contributed by atoms with van der Waals surface area (Å²) in [5.41, 5.74) is 0. The van der Waals surface area contributed by atoms with E-state index in [4.69, 9.17) is 10.2 Å². The van der Waals surface area contributed by atoms with Crippen LogP contribution in [-0.4, -0.2) is 43.4 Å². The minimum Gasteiger partial charge on any atom is -0.368 e. The Bertz CT molecular complexity index is 253. The second-order valence-electron chi connectivity index (χ2n) is 4.38. The summed E-state index contributed by atoms with van der Waals surface area (Å²) in [6.45, 7) is 1.56. The molecule has 0 bridgehead atoms. The number of hydrogen-bond donors (Lipinski definition) is 3. The molecular weight excluding hydrogens is 353 g/mol. The van der Waals surface area contributed by atoms with Gasteiger partial charge in [0.15, 0.2) is 6.29 Å². The molecule has 3 N–H and O–H groups in total. The minimum atomic E-state index is -1.19. The van der Waals surface area contributed by atoms with Crippen LogP contribution in [0.4, 0.5) is 0 Å². The molecule has 0 aromatic rings. The predicted octanol–water partition coefficient (Wildman–Crippen LogP) is 1.28. The van der Waals surface area contributed by atoms with Crippen molar-refractivity contribution in [1.29, 1.82) is 0 Å². The van der Waals surface area contributed by atoms with E-state index in [0.717, 1.165) is 25.0 Å². The Labute approximate surface area is 120 Å². The number of unbranched alkanes of at least 4 members (excludes halogenated alkanes) is 1. The van der Waals surface area contributed by atoms with Crippen LogP contribution < -0.4 is 5.32 Å². The van der Waals surface area contributed by atoms with E-state index in [0.29, 0.717) is 15.6 Å². The standard InChI is InChI=1S/C11H20INO3S/c1-7(14)13-11-8(12)6-17-9(11)4-2-3-5-10(15)16/h8-11,15-16H,2-6H2,1H3,(H,13,14)/t8?,9-,11?/m0/s1. The number of carbonyl (C=O) groups is 1. The van der Waals surface area contributed by atoms with Crippen molar-refractivity contribution in [3.05, 3.63) is 0 Å².